The van der Waals surface area contributed by atoms with Gasteiger partial charge >= 0.3 is 0 Å². The number of carbonyl (C=O) groups is 2. The molecule has 1 fully saturated rings. The number of nitrogens with zero attached hydrogens (tertiary/aromatic N) is 2. The zero-order valence-corrected chi connectivity index (χ0v) is 14.6. The van der Waals surface area contributed by atoms with E-state index in [0.29, 0.717) is 26.1 Å². The monoisotopic (exact) mass is 367 g/mol. The van der Waals surface area contributed by atoms with Crippen LogP contribution in [0.1, 0.15) is 12.0 Å². The van der Waals surface area contributed by atoms with Gasteiger partial charge in [-0.3, -0.25) is 9.59 Å². The van der Waals surface area contributed by atoms with Crippen molar-refractivity contribution in [2.45, 2.75) is 13.0 Å². The van der Waals surface area contributed by atoms with Crippen LogP contribution in [0, 0.1) is 5.92 Å². The number of likely N-dealkylation sites (tertiary alicyclic amines) is 1. The summed E-state index contributed by atoms with van der Waals surface area (Å²) < 4.78 is 0.995. The van der Waals surface area contributed by atoms with Crippen LogP contribution in [0.25, 0.3) is 0 Å². The van der Waals surface area contributed by atoms with Gasteiger partial charge in [-0.2, -0.15) is 0 Å². The summed E-state index contributed by atoms with van der Waals surface area (Å²) in [4.78, 5) is 28.0. The van der Waals surface area contributed by atoms with Crippen LogP contribution < -0.4 is 5.32 Å². The summed E-state index contributed by atoms with van der Waals surface area (Å²) in [7, 11) is 3.93. The lowest BCUT2D eigenvalue weighted by molar-refractivity contribution is -0.129. The van der Waals surface area contributed by atoms with Gasteiger partial charge in [0.1, 0.15) is 0 Å². The number of halogens is 1. The highest BCUT2D eigenvalue weighted by Gasteiger charge is 2.33. The second-order valence-corrected chi connectivity index (χ2v) is 6.82. The molecule has 2 rings (SSSR count). The fourth-order valence-electron chi connectivity index (χ4n) is 2.50. The van der Waals surface area contributed by atoms with Crippen LogP contribution in [0.3, 0.4) is 0 Å². The number of amides is 2. The van der Waals surface area contributed by atoms with E-state index in [-0.39, 0.29) is 17.7 Å². The fourth-order valence-corrected chi connectivity index (χ4v) is 2.95. The molecule has 0 aromatic heterocycles. The third kappa shape index (κ3) is 4.81. The van der Waals surface area contributed by atoms with Gasteiger partial charge in [-0.25, -0.2) is 0 Å². The van der Waals surface area contributed by atoms with Crippen molar-refractivity contribution in [1.29, 1.82) is 0 Å². The molecular weight excluding hydrogens is 346 g/mol. The van der Waals surface area contributed by atoms with Gasteiger partial charge in [0.15, 0.2) is 0 Å². The van der Waals surface area contributed by atoms with E-state index in [9.17, 15) is 9.59 Å². The third-order valence-corrected chi connectivity index (χ3v) is 4.20. The Labute approximate surface area is 139 Å². The maximum Gasteiger partial charge on any atom is 0.225 e. The number of benzene rings is 1. The maximum absolute atomic E-state index is 12.1. The first-order chi connectivity index (χ1) is 10.5. The molecule has 0 aliphatic carbocycles. The Bertz CT molecular complexity index is 548. The summed E-state index contributed by atoms with van der Waals surface area (Å²) in [6.45, 7) is 2.47. The van der Waals surface area contributed by atoms with Crippen LogP contribution in [0.2, 0.25) is 0 Å². The first kappa shape index (κ1) is 17.0. The van der Waals surface area contributed by atoms with E-state index in [0.717, 1.165) is 16.6 Å². The van der Waals surface area contributed by atoms with Gasteiger partial charge in [0.25, 0.3) is 0 Å². The Morgan fingerprint density at radius 2 is 2.23 bits per heavy atom. The topological polar surface area (TPSA) is 52.7 Å². The van der Waals surface area contributed by atoms with Crippen molar-refractivity contribution < 1.29 is 9.59 Å². The fraction of sp³-hybridized carbons (Fsp3) is 0.500. The van der Waals surface area contributed by atoms with E-state index in [1.165, 1.54) is 0 Å². The van der Waals surface area contributed by atoms with E-state index in [1.54, 1.807) is 4.90 Å². The molecule has 1 atom stereocenters. The molecule has 0 spiro atoms. The van der Waals surface area contributed by atoms with Crippen molar-refractivity contribution >= 4 is 27.7 Å². The van der Waals surface area contributed by atoms with E-state index < -0.39 is 0 Å². The molecule has 1 N–H and O–H groups in total. The minimum atomic E-state index is -0.234. The van der Waals surface area contributed by atoms with Crippen LogP contribution >= 0.6 is 15.9 Å². The number of hydrogen-bond donors (Lipinski definition) is 1. The van der Waals surface area contributed by atoms with Crippen LogP contribution in [0.4, 0.5) is 0 Å². The van der Waals surface area contributed by atoms with Crippen molar-refractivity contribution in [1.82, 2.24) is 15.1 Å². The summed E-state index contributed by atoms with van der Waals surface area (Å²) in [5, 5.41) is 2.90. The number of rotatable bonds is 6. The summed E-state index contributed by atoms with van der Waals surface area (Å²) in [5.74, 6) is -0.207. The highest BCUT2D eigenvalue weighted by molar-refractivity contribution is 9.10. The van der Waals surface area contributed by atoms with Crippen LogP contribution in [0.5, 0.6) is 0 Å². The lowest BCUT2D eigenvalue weighted by atomic mass is 10.1. The smallest absolute Gasteiger partial charge is 0.225 e. The van der Waals surface area contributed by atoms with Gasteiger partial charge < -0.3 is 15.1 Å². The van der Waals surface area contributed by atoms with Crippen molar-refractivity contribution in [3.63, 3.8) is 0 Å². The Morgan fingerprint density at radius 3 is 2.91 bits per heavy atom. The summed E-state index contributed by atoms with van der Waals surface area (Å²) in [5.41, 5.74) is 1.07. The van der Waals surface area contributed by atoms with Crippen molar-refractivity contribution in [2.24, 2.45) is 5.92 Å². The Morgan fingerprint density at radius 1 is 1.45 bits per heavy atom. The van der Waals surface area contributed by atoms with Crippen molar-refractivity contribution in [3.8, 4) is 0 Å². The van der Waals surface area contributed by atoms with Gasteiger partial charge in [-0.15, -0.1) is 0 Å². The molecule has 0 unspecified atom stereocenters. The Hall–Kier alpha value is -1.40. The number of carbonyl (C=O) groups excluding carboxylic acids is 2. The first-order valence-electron chi connectivity index (χ1n) is 7.40. The Kier molecular flexibility index (Phi) is 5.97. The SMILES string of the molecule is CN(C)CCNC(=O)[C@H]1CC(=O)N(Cc2cccc(Br)c2)C1. The summed E-state index contributed by atoms with van der Waals surface area (Å²) in [6.07, 6.45) is 0.307. The van der Waals surface area contributed by atoms with Gasteiger partial charge in [0, 0.05) is 37.1 Å². The highest BCUT2D eigenvalue weighted by atomic mass is 79.9. The molecule has 0 saturated carbocycles. The van der Waals surface area contributed by atoms with Crippen LogP contribution in [-0.4, -0.2) is 55.3 Å². The predicted octanol–water partition coefficient (Wildman–Crippen LogP) is 1.48. The molecule has 1 aromatic rings. The molecule has 1 aliphatic rings. The molecule has 22 heavy (non-hydrogen) atoms. The van der Waals surface area contributed by atoms with Gasteiger partial charge in [0.2, 0.25) is 11.8 Å². The maximum atomic E-state index is 12.1. The molecule has 120 valence electrons. The van der Waals surface area contributed by atoms with Gasteiger partial charge in [-0.1, -0.05) is 28.1 Å². The van der Waals surface area contributed by atoms with E-state index in [4.69, 9.17) is 0 Å². The summed E-state index contributed by atoms with van der Waals surface area (Å²) >= 11 is 3.43. The lowest BCUT2D eigenvalue weighted by Gasteiger charge is -2.17. The third-order valence-electron chi connectivity index (χ3n) is 3.71. The molecule has 1 heterocycles. The first-order valence-corrected chi connectivity index (χ1v) is 8.19. The average Bonchev–Trinajstić information content (AvgIpc) is 2.80. The zero-order chi connectivity index (χ0) is 16.1. The normalized spacial score (nSPS) is 18.1. The highest BCUT2D eigenvalue weighted by Crippen LogP contribution is 2.21. The van der Waals surface area contributed by atoms with Crippen LogP contribution in [-0.2, 0) is 16.1 Å². The van der Waals surface area contributed by atoms with Crippen molar-refractivity contribution in [3.05, 3.63) is 34.3 Å². The van der Waals surface area contributed by atoms with Gasteiger partial charge in [-0.05, 0) is 31.8 Å². The molecular formula is C16H22BrN3O2. The minimum absolute atomic E-state index is 0.0213. The molecule has 1 saturated heterocycles. The van der Waals surface area contributed by atoms with E-state index >= 15 is 0 Å². The molecule has 0 radical (unpaired) electrons. The predicted molar refractivity (Wildman–Crippen MR) is 89.2 cm³/mol. The standard InChI is InChI=1S/C16H22BrN3O2/c1-19(2)7-6-18-16(22)13-9-15(21)20(11-13)10-12-4-3-5-14(17)8-12/h3-5,8,13H,6-7,9-11H2,1-2H3,(H,18,22)/t13-/m0/s1. The zero-order valence-electron chi connectivity index (χ0n) is 13.0. The molecule has 2 amide bonds. The number of hydrogen-bond acceptors (Lipinski definition) is 3. The molecule has 0 bridgehead atoms. The minimum Gasteiger partial charge on any atom is -0.355 e. The second kappa shape index (κ2) is 7.74. The average molecular weight is 368 g/mol. The largest absolute Gasteiger partial charge is 0.355 e. The van der Waals surface area contributed by atoms with Crippen LogP contribution in [0.15, 0.2) is 28.7 Å². The molecule has 6 heteroatoms. The number of nitrogens with one attached hydrogen (secondary N) is 1. The lowest BCUT2D eigenvalue weighted by Crippen LogP contribution is -2.36. The van der Waals surface area contributed by atoms with Gasteiger partial charge in [0.05, 0.1) is 5.92 Å². The summed E-state index contributed by atoms with van der Waals surface area (Å²) in [6, 6.07) is 7.89. The molecule has 1 aliphatic heterocycles. The second-order valence-electron chi connectivity index (χ2n) is 5.90. The quantitative estimate of drug-likeness (QED) is 0.828. The van der Waals surface area contributed by atoms with E-state index in [2.05, 4.69) is 21.2 Å². The van der Waals surface area contributed by atoms with Crippen molar-refractivity contribution in [2.75, 3.05) is 33.7 Å². The number of likely N-dealkylation sites (N-methyl/N-ethyl adjacent to an activating group) is 1. The molecule has 5 nitrogen and oxygen atoms in total. The van der Waals surface area contributed by atoms with E-state index in [1.807, 2.05) is 43.3 Å². The molecule has 1 aromatic carbocycles. The Balaban J connectivity index is 1.86.